The molecule has 0 aliphatic carbocycles. The van der Waals surface area contributed by atoms with Crippen molar-refractivity contribution in [2.75, 3.05) is 11.9 Å². The van der Waals surface area contributed by atoms with E-state index in [1.165, 1.54) is 9.58 Å². The maximum absolute atomic E-state index is 13.2. The summed E-state index contributed by atoms with van der Waals surface area (Å²) in [5.41, 5.74) is 1.90. The lowest BCUT2D eigenvalue weighted by Crippen LogP contribution is -2.35. The van der Waals surface area contributed by atoms with Crippen LogP contribution >= 0.6 is 11.6 Å². The lowest BCUT2D eigenvalue weighted by molar-refractivity contribution is -0.119. The average molecular weight is 409 g/mol. The van der Waals surface area contributed by atoms with Gasteiger partial charge in [-0.3, -0.25) is 9.59 Å². The van der Waals surface area contributed by atoms with Gasteiger partial charge in [0.25, 0.3) is 5.56 Å². The fraction of sp³-hybridized carbons (Fsp3) is 0.227. The number of anilines is 1. The summed E-state index contributed by atoms with van der Waals surface area (Å²) in [6.45, 7) is 2.63. The molecule has 4 aromatic rings. The maximum Gasteiger partial charge on any atom is 0.291 e. The zero-order valence-electron chi connectivity index (χ0n) is 16.3. The summed E-state index contributed by atoms with van der Waals surface area (Å²) in [5, 5.41) is 6.55. The second kappa shape index (κ2) is 7.72. The second-order valence-electron chi connectivity index (χ2n) is 6.94. The summed E-state index contributed by atoms with van der Waals surface area (Å²) in [7, 11) is 1.64. The molecule has 0 radical (unpaired) electrons. The minimum absolute atomic E-state index is 0.163. The first-order valence-electron chi connectivity index (χ1n) is 9.51. The number of rotatable bonds is 5. The highest BCUT2D eigenvalue weighted by molar-refractivity contribution is 6.33. The fourth-order valence-electron chi connectivity index (χ4n) is 3.65. The Bertz CT molecular complexity index is 1280. The molecule has 0 fully saturated rings. The Labute approximate surface area is 172 Å². The minimum Gasteiger partial charge on any atom is -0.336 e. The molecule has 2 aromatic heterocycles. The lowest BCUT2D eigenvalue weighted by Gasteiger charge is -2.18. The first kappa shape index (κ1) is 19.2. The SMILES string of the molecule is CCCn1c2ccccc2c2cnn(CC(=O)N(C)c3ccccc3Cl)c(=O)c21. The van der Waals surface area contributed by atoms with Crippen LogP contribution in [0, 0.1) is 0 Å². The molecular formula is C22H21ClN4O2. The maximum atomic E-state index is 13.2. The summed E-state index contributed by atoms with van der Waals surface area (Å²) in [5.74, 6) is -0.273. The van der Waals surface area contributed by atoms with Gasteiger partial charge < -0.3 is 9.47 Å². The zero-order valence-corrected chi connectivity index (χ0v) is 17.1. The molecule has 0 saturated carbocycles. The van der Waals surface area contributed by atoms with Crippen LogP contribution in [-0.4, -0.2) is 27.3 Å². The van der Waals surface area contributed by atoms with E-state index in [0.717, 1.165) is 29.3 Å². The summed E-state index contributed by atoms with van der Waals surface area (Å²) in [6.07, 6.45) is 2.57. The molecule has 0 aliphatic heterocycles. The number of nitrogens with zero attached hydrogens (tertiary/aromatic N) is 4. The largest absolute Gasteiger partial charge is 0.336 e. The van der Waals surface area contributed by atoms with Gasteiger partial charge in [0.1, 0.15) is 12.1 Å². The van der Waals surface area contributed by atoms with E-state index in [4.69, 9.17) is 11.6 Å². The smallest absolute Gasteiger partial charge is 0.291 e. The zero-order chi connectivity index (χ0) is 20.5. The fourth-order valence-corrected chi connectivity index (χ4v) is 3.92. The van der Waals surface area contributed by atoms with Crippen LogP contribution in [0.25, 0.3) is 21.8 Å². The van der Waals surface area contributed by atoms with Gasteiger partial charge in [0, 0.05) is 29.9 Å². The topological polar surface area (TPSA) is 60.1 Å². The number of amides is 1. The Morgan fingerprint density at radius 2 is 1.83 bits per heavy atom. The molecule has 0 aliphatic rings. The van der Waals surface area contributed by atoms with Crippen LogP contribution in [0.1, 0.15) is 13.3 Å². The van der Waals surface area contributed by atoms with Crippen molar-refractivity contribution in [1.82, 2.24) is 14.3 Å². The van der Waals surface area contributed by atoms with E-state index in [0.29, 0.717) is 16.2 Å². The number of aromatic nitrogens is 3. The summed E-state index contributed by atoms with van der Waals surface area (Å²) < 4.78 is 3.25. The van der Waals surface area contributed by atoms with Crippen LogP contribution in [0.2, 0.25) is 5.02 Å². The molecule has 0 unspecified atom stereocenters. The standard InChI is InChI=1S/C22H21ClN4O2/c1-3-12-26-18-10-6-4-8-15(18)16-13-24-27(22(29)21(16)26)14-20(28)25(2)19-11-7-5-9-17(19)23/h4-11,13H,3,12,14H2,1-2H3. The highest BCUT2D eigenvalue weighted by Crippen LogP contribution is 2.27. The number of fused-ring (bicyclic) bond motifs is 3. The molecule has 6 nitrogen and oxygen atoms in total. The van der Waals surface area contributed by atoms with Crippen LogP contribution < -0.4 is 10.5 Å². The third-order valence-electron chi connectivity index (χ3n) is 5.09. The van der Waals surface area contributed by atoms with Gasteiger partial charge in [-0.05, 0) is 24.6 Å². The Kier molecular flexibility index (Phi) is 5.11. The van der Waals surface area contributed by atoms with E-state index in [9.17, 15) is 9.59 Å². The predicted molar refractivity (Wildman–Crippen MR) is 117 cm³/mol. The molecule has 2 aromatic carbocycles. The Morgan fingerprint density at radius 1 is 1.10 bits per heavy atom. The molecule has 1 amide bonds. The summed E-state index contributed by atoms with van der Waals surface area (Å²) >= 11 is 6.19. The number of carbonyl (C=O) groups is 1. The van der Waals surface area contributed by atoms with Crippen LogP contribution in [0.15, 0.2) is 59.5 Å². The average Bonchev–Trinajstić information content (AvgIpc) is 3.05. The molecule has 0 atom stereocenters. The van der Waals surface area contributed by atoms with E-state index < -0.39 is 0 Å². The van der Waals surface area contributed by atoms with Crippen molar-refractivity contribution >= 4 is 45.0 Å². The van der Waals surface area contributed by atoms with Crippen molar-refractivity contribution in [3.63, 3.8) is 0 Å². The number of benzene rings is 2. The van der Waals surface area contributed by atoms with E-state index in [-0.39, 0.29) is 18.0 Å². The first-order chi connectivity index (χ1) is 14.0. The third kappa shape index (κ3) is 3.29. The highest BCUT2D eigenvalue weighted by Gasteiger charge is 2.19. The van der Waals surface area contributed by atoms with Crippen molar-refractivity contribution in [2.24, 2.45) is 0 Å². The van der Waals surface area contributed by atoms with Crippen molar-refractivity contribution in [3.8, 4) is 0 Å². The monoisotopic (exact) mass is 408 g/mol. The Hall–Kier alpha value is -3.12. The van der Waals surface area contributed by atoms with Crippen LogP contribution in [0.3, 0.4) is 0 Å². The van der Waals surface area contributed by atoms with Gasteiger partial charge >= 0.3 is 0 Å². The molecule has 7 heteroatoms. The highest BCUT2D eigenvalue weighted by atomic mass is 35.5. The molecule has 4 rings (SSSR count). The van der Waals surface area contributed by atoms with Crippen LogP contribution in [0.5, 0.6) is 0 Å². The number of para-hydroxylation sites is 2. The van der Waals surface area contributed by atoms with E-state index in [1.807, 2.05) is 34.9 Å². The molecule has 0 spiro atoms. The second-order valence-corrected chi connectivity index (χ2v) is 7.35. The Morgan fingerprint density at radius 3 is 2.59 bits per heavy atom. The molecule has 148 valence electrons. The van der Waals surface area contributed by atoms with Crippen LogP contribution in [0.4, 0.5) is 5.69 Å². The molecule has 0 saturated heterocycles. The normalized spacial score (nSPS) is 11.3. The first-order valence-corrected chi connectivity index (χ1v) is 9.89. The number of aryl methyl sites for hydroxylation is 1. The van der Waals surface area contributed by atoms with E-state index in [1.54, 1.807) is 31.4 Å². The van der Waals surface area contributed by atoms with Gasteiger partial charge in [-0.15, -0.1) is 0 Å². The number of hydrogen-bond donors (Lipinski definition) is 0. The summed E-state index contributed by atoms with van der Waals surface area (Å²) in [6, 6.07) is 15.0. The number of likely N-dealkylation sites (N-methyl/N-ethyl adjacent to an activating group) is 1. The third-order valence-corrected chi connectivity index (χ3v) is 5.41. The number of halogens is 1. The molecular weight excluding hydrogens is 388 g/mol. The number of carbonyl (C=O) groups excluding carboxylic acids is 1. The van der Waals surface area contributed by atoms with Gasteiger partial charge in [0.2, 0.25) is 5.91 Å². The van der Waals surface area contributed by atoms with Gasteiger partial charge in [-0.25, -0.2) is 4.68 Å². The molecule has 0 bridgehead atoms. The van der Waals surface area contributed by atoms with Gasteiger partial charge in [-0.1, -0.05) is 48.9 Å². The lowest BCUT2D eigenvalue weighted by atomic mass is 10.2. The van der Waals surface area contributed by atoms with Gasteiger partial charge in [-0.2, -0.15) is 5.10 Å². The number of hydrogen-bond acceptors (Lipinski definition) is 3. The van der Waals surface area contributed by atoms with E-state index >= 15 is 0 Å². The van der Waals surface area contributed by atoms with Crippen molar-refractivity contribution in [3.05, 3.63) is 70.1 Å². The molecule has 29 heavy (non-hydrogen) atoms. The van der Waals surface area contributed by atoms with Crippen molar-refractivity contribution in [2.45, 2.75) is 26.4 Å². The van der Waals surface area contributed by atoms with Gasteiger partial charge in [0.05, 0.1) is 16.9 Å². The van der Waals surface area contributed by atoms with Crippen molar-refractivity contribution in [1.29, 1.82) is 0 Å². The molecule has 2 heterocycles. The predicted octanol–water partition coefficient (Wildman–Crippen LogP) is 4.08. The van der Waals surface area contributed by atoms with Gasteiger partial charge in [0.15, 0.2) is 0 Å². The van der Waals surface area contributed by atoms with Crippen LogP contribution in [-0.2, 0) is 17.9 Å². The summed E-state index contributed by atoms with van der Waals surface area (Å²) in [4.78, 5) is 27.5. The Balaban J connectivity index is 1.77. The quantitative estimate of drug-likeness (QED) is 0.500. The minimum atomic E-state index is -0.273. The van der Waals surface area contributed by atoms with E-state index in [2.05, 4.69) is 12.0 Å². The molecule has 0 N–H and O–H groups in total. The van der Waals surface area contributed by atoms with Crippen molar-refractivity contribution < 1.29 is 4.79 Å².